The first-order valence-electron chi connectivity index (χ1n) is 31.5. The molecule has 95 heavy (non-hydrogen) atoms. The van der Waals surface area contributed by atoms with Crippen molar-refractivity contribution in [3.8, 4) is 43.4 Å². The van der Waals surface area contributed by atoms with Gasteiger partial charge in [0, 0.05) is 77.1 Å². The number of hydrazine groups is 1. The Morgan fingerprint density at radius 3 is 2.12 bits per heavy atom. The van der Waals surface area contributed by atoms with Gasteiger partial charge in [0.1, 0.15) is 82.2 Å². The van der Waals surface area contributed by atoms with Crippen LogP contribution in [0, 0.1) is 24.7 Å². The highest BCUT2D eigenvalue weighted by Crippen LogP contribution is 2.42. The van der Waals surface area contributed by atoms with Gasteiger partial charge in [0.2, 0.25) is 17.7 Å². The normalized spacial score (nSPS) is 20.7. The van der Waals surface area contributed by atoms with Gasteiger partial charge >= 0.3 is 0 Å². The van der Waals surface area contributed by atoms with Crippen molar-refractivity contribution in [1.29, 1.82) is 0 Å². The van der Waals surface area contributed by atoms with Gasteiger partial charge in [-0.3, -0.25) is 38.6 Å². The number of rotatable bonds is 12. The van der Waals surface area contributed by atoms with Crippen molar-refractivity contribution in [1.82, 2.24) is 71.0 Å². The first-order valence-corrected chi connectivity index (χ1v) is 36.6. The van der Waals surface area contributed by atoms with Crippen LogP contribution in [-0.2, 0) is 30.5 Å². The Morgan fingerprint density at radius 2 is 1.38 bits per heavy atom. The molecule has 12 rings (SSSR count). The van der Waals surface area contributed by atoms with Gasteiger partial charge < -0.3 is 46.2 Å². The monoisotopic (exact) mass is 1400 g/mol. The van der Waals surface area contributed by atoms with Crippen molar-refractivity contribution in [2.45, 2.75) is 115 Å². The number of methoxy groups -OCH3 is 1. The number of nitrogens with one attached hydrogen (secondary N) is 5. The average Bonchev–Trinajstić information content (AvgIpc) is 1.77. The van der Waals surface area contributed by atoms with E-state index in [-0.39, 0.29) is 64.7 Å². The zero-order chi connectivity index (χ0) is 66.6. The number of hydrogen-bond donors (Lipinski definition) is 7. The molecule has 1 aliphatic carbocycles. The molecular weight excluding hydrogens is 1330 g/mol. The fourth-order valence-electron chi connectivity index (χ4n) is 12.4. The summed E-state index contributed by atoms with van der Waals surface area (Å²) in [5, 5.41) is 36.4. The fraction of sp³-hybridized carbons (Fsp3) is 0.438. The van der Waals surface area contributed by atoms with Crippen LogP contribution in [0.15, 0.2) is 64.0 Å². The molecule has 0 radical (unpaired) electrons. The standard InChI is InChI=1S/C64H72N16O9S6/c1-32(2)48-62-77-51(44(95-62)27-89-5)56(86)67-26-47(82)80(65)52(53(83)34-11-7-6-8-12-34)63-72-43(30-92-63)60-70-41(28-91-60)50-38(58-71-42(29-90-58)55(85)69-40(25-46(81)66-4)61-76-49(33(3)94-61)57(87)75-48)17-18-39(68-50)59-74-45(31-93-59)73-54(84)35-13-15-36(16-14-35)64(88)79-23-19-37(20-24-79)78-21-9-10-22-78/h6-8,11-12,17-18,28-32,35-37,40,48,52-53,83H,9-10,13-16,19-27,65H2,1-5H3,(H,66,81)(H,67,86)(H,69,85)(H,73,84)(H,75,87)/t35?,36?,40-,48-,52-,53-/m0/s1. The Labute approximate surface area is 571 Å². The predicted molar refractivity (Wildman–Crippen MR) is 364 cm³/mol. The van der Waals surface area contributed by atoms with Crippen LogP contribution < -0.4 is 32.4 Å². The molecule has 8 aromatic rings. The number of likely N-dealkylation sites (tertiary alicyclic amines) is 2. The second-order valence-electron chi connectivity index (χ2n) is 24.2. The molecule has 4 atom stereocenters. The van der Waals surface area contributed by atoms with E-state index in [1.807, 2.05) is 24.8 Å². The molecule has 7 amide bonds. The molecule has 7 aromatic heterocycles. The highest BCUT2D eigenvalue weighted by Gasteiger charge is 2.38. The van der Waals surface area contributed by atoms with E-state index in [0.29, 0.717) is 106 Å². The average molecular weight is 1400 g/mol. The van der Waals surface area contributed by atoms with Crippen LogP contribution in [0.3, 0.4) is 0 Å². The lowest BCUT2D eigenvalue weighted by atomic mass is 9.80. The number of anilines is 1. The molecule has 10 bridgehead atoms. The van der Waals surface area contributed by atoms with Gasteiger partial charge in [-0.05, 0) is 95.0 Å². The summed E-state index contributed by atoms with van der Waals surface area (Å²) in [6.45, 7) is 8.74. The molecule has 0 spiro atoms. The molecule has 3 fully saturated rings. The van der Waals surface area contributed by atoms with Crippen LogP contribution in [0.25, 0.3) is 43.4 Å². The molecule has 0 unspecified atom stereocenters. The largest absolute Gasteiger partial charge is 0.386 e. The third kappa shape index (κ3) is 15.0. The number of aromatic nitrogens is 7. The van der Waals surface area contributed by atoms with Gasteiger partial charge in [-0.2, -0.15) is 0 Å². The number of benzene rings is 1. The van der Waals surface area contributed by atoms with E-state index in [9.17, 15) is 38.7 Å². The molecule has 2 saturated heterocycles. The van der Waals surface area contributed by atoms with Crippen LogP contribution in [0.5, 0.6) is 0 Å². The molecule has 10 heterocycles. The van der Waals surface area contributed by atoms with Crippen LogP contribution >= 0.6 is 68.0 Å². The van der Waals surface area contributed by atoms with Gasteiger partial charge in [0.15, 0.2) is 0 Å². The lowest BCUT2D eigenvalue weighted by Crippen LogP contribution is -2.48. The number of aliphatic hydroxyl groups excluding tert-OH is 1. The predicted octanol–water partition coefficient (Wildman–Crippen LogP) is 8.73. The highest BCUT2D eigenvalue weighted by atomic mass is 32.1. The topological polar surface area (TPSA) is 335 Å². The maximum Gasteiger partial charge on any atom is 0.271 e. The van der Waals surface area contributed by atoms with Crippen LogP contribution in [0.2, 0.25) is 0 Å². The van der Waals surface area contributed by atoms with Gasteiger partial charge in [0.05, 0.1) is 42.2 Å². The van der Waals surface area contributed by atoms with Crippen molar-refractivity contribution < 1.29 is 43.4 Å². The molecule has 1 saturated carbocycles. The van der Waals surface area contributed by atoms with E-state index in [0.717, 1.165) is 78.0 Å². The van der Waals surface area contributed by atoms with Crippen LogP contribution in [0.1, 0.15) is 158 Å². The van der Waals surface area contributed by atoms with E-state index in [1.165, 1.54) is 61.0 Å². The maximum absolute atomic E-state index is 14.4. The summed E-state index contributed by atoms with van der Waals surface area (Å²) in [6.07, 6.45) is 5.45. The summed E-state index contributed by atoms with van der Waals surface area (Å²) in [6, 6.07) is 9.85. The molecule has 3 aliphatic heterocycles. The number of nitrogens with two attached hydrogens (primary N) is 1. The number of carbonyl (C=O) groups is 7. The SMILES string of the molecule is CNC(=O)C[C@@H]1NC(=O)c2csc(n2)-c2ccc(-c3nc(NC(=O)C4CCC(C(=O)N5CCC(N6CCCC6)CC5)CC4)cs3)nc2-c2csc(n2)-c2csc(n2)[C@H]([C@@H](O)c2ccccc2)N(N)C(=O)CNC(=O)c2nc(sc2COC)[C@H](C(C)C)NC(=O)c2nc1sc2C. The summed E-state index contributed by atoms with van der Waals surface area (Å²) >= 11 is 7.19. The van der Waals surface area contributed by atoms with Crippen molar-refractivity contribution in [3.05, 3.63) is 111 Å². The van der Waals surface area contributed by atoms with Gasteiger partial charge in [-0.1, -0.05) is 44.2 Å². The lowest BCUT2D eigenvalue weighted by Gasteiger charge is -2.39. The van der Waals surface area contributed by atoms with Crippen molar-refractivity contribution >= 4 is 115 Å². The Bertz CT molecular complexity index is 4120. The van der Waals surface area contributed by atoms with Crippen molar-refractivity contribution in [2.24, 2.45) is 23.6 Å². The molecule has 25 nitrogen and oxygen atoms in total. The smallest absolute Gasteiger partial charge is 0.271 e. The number of carbonyl (C=O) groups excluding carboxylic acids is 7. The first-order chi connectivity index (χ1) is 45.9. The number of fused-ring (bicyclic) bond motifs is 14. The molecule has 498 valence electrons. The summed E-state index contributed by atoms with van der Waals surface area (Å²) in [5.41, 5.74) is 2.65. The number of piperidine rings is 1. The number of thiazole rings is 6. The lowest BCUT2D eigenvalue weighted by molar-refractivity contribution is -0.139. The summed E-state index contributed by atoms with van der Waals surface area (Å²) in [4.78, 5) is 138. The molecule has 8 N–H and O–H groups in total. The van der Waals surface area contributed by atoms with Gasteiger partial charge in [0.25, 0.3) is 23.6 Å². The number of aliphatic hydroxyl groups is 1. The number of ether oxygens (including phenoxy) is 1. The van der Waals surface area contributed by atoms with E-state index < -0.39 is 60.3 Å². The Balaban J connectivity index is 0.851. The number of aryl methyl sites for hydroxylation is 1. The van der Waals surface area contributed by atoms with E-state index in [1.54, 1.807) is 64.8 Å². The van der Waals surface area contributed by atoms with Crippen LogP contribution in [-0.4, -0.2) is 149 Å². The second-order valence-corrected chi connectivity index (χ2v) is 30.0. The Hall–Kier alpha value is -7.72. The minimum Gasteiger partial charge on any atom is -0.386 e. The minimum atomic E-state index is -1.38. The fourth-order valence-corrected chi connectivity index (χ4v) is 18.0. The number of nitrogens with zero attached hydrogens (tertiary/aromatic N) is 10. The third-order valence-electron chi connectivity index (χ3n) is 17.6. The van der Waals surface area contributed by atoms with Crippen molar-refractivity contribution in [2.75, 3.05) is 52.2 Å². The second kappa shape index (κ2) is 29.7. The number of pyridine rings is 1. The summed E-state index contributed by atoms with van der Waals surface area (Å²) in [7, 11) is 2.94. The summed E-state index contributed by atoms with van der Waals surface area (Å²) < 4.78 is 5.47. The van der Waals surface area contributed by atoms with Gasteiger partial charge in [-0.25, -0.2) is 40.7 Å². The molecule has 1 aromatic carbocycles. The molecule has 4 aliphatic rings. The highest BCUT2D eigenvalue weighted by molar-refractivity contribution is 7.15. The van der Waals surface area contributed by atoms with Crippen LogP contribution in [0.4, 0.5) is 5.82 Å². The van der Waals surface area contributed by atoms with E-state index >= 15 is 0 Å². The van der Waals surface area contributed by atoms with E-state index in [4.69, 9.17) is 45.5 Å². The summed E-state index contributed by atoms with van der Waals surface area (Å²) in [5.74, 6) is 3.47. The maximum atomic E-state index is 14.4. The first kappa shape index (κ1) is 67.3. The number of amides is 7. The number of hydrogen-bond acceptors (Lipinski definition) is 24. The Kier molecular flexibility index (Phi) is 21.1. The van der Waals surface area contributed by atoms with Gasteiger partial charge in [-0.15, -0.1) is 68.0 Å². The minimum absolute atomic E-state index is 0.0179. The Morgan fingerprint density at radius 1 is 0.695 bits per heavy atom. The third-order valence-corrected chi connectivity index (χ3v) is 23.3. The molecule has 31 heteroatoms. The zero-order valence-corrected chi connectivity index (χ0v) is 57.7. The zero-order valence-electron chi connectivity index (χ0n) is 52.8. The van der Waals surface area contributed by atoms with Crippen molar-refractivity contribution in [3.63, 3.8) is 0 Å². The molecular formula is C64H72N16O9S6. The van der Waals surface area contributed by atoms with E-state index in [2.05, 4.69) is 31.5 Å². The quantitative estimate of drug-likeness (QED) is 0.0444.